The minimum absolute atomic E-state index is 0.278. The van der Waals surface area contributed by atoms with Crippen molar-refractivity contribution < 1.29 is 14.6 Å². The van der Waals surface area contributed by atoms with Crippen molar-refractivity contribution in [2.45, 2.75) is 0 Å². The van der Waals surface area contributed by atoms with E-state index in [1.54, 1.807) is 0 Å². The summed E-state index contributed by atoms with van der Waals surface area (Å²) in [6.45, 7) is 0. The third-order valence-corrected chi connectivity index (χ3v) is 1.15. The van der Waals surface area contributed by atoms with Crippen LogP contribution in [0.4, 0.5) is 4.79 Å². The Hall–Kier alpha value is -1.85. The lowest BCUT2D eigenvalue weighted by Crippen LogP contribution is -2.28. The predicted octanol–water partition coefficient (Wildman–Crippen LogP) is -0.437. The summed E-state index contributed by atoms with van der Waals surface area (Å²) in [6, 6.07) is 0. The molecule has 64 valence electrons. The molecule has 0 atom stereocenters. The molecule has 0 aromatic carbocycles. The second-order valence-corrected chi connectivity index (χ2v) is 1.93. The van der Waals surface area contributed by atoms with Crippen molar-refractivity contribution in [3.8, 4) is 5.75 Å². The molecule has 1 aromatic heterocycles. The zero-order valence-electron chi connectivity index (χ0n) is 6.22. The maximum atomic E-state index is 10.8. The zero-order chi connectivity index (χ0) is 9.14. The van der Waals surface area contributed by atoms with E-state index in [1.807, 2.05) is 0 Å². The first-order chi connectivity index (χ1) is 5.65. The van der Waals surface area contributed by atoms with Crippen LogP contribution in [0.3, 0.4) is 0 Å². The first kappa shape index (κ1) is 8.25. The number of ether oxygens (including phenoxy) is 1. The molecule has 6 nitrogen and oxygen atoms in total. The van der Waals surface area contributed by atoms with E-state index < -0.39 is 11.8 Å². The number of aromatic hydroxyl groups is 1. The van der Waals surface area contributed by atoms with E-state index in [0.29, 0.717) is 4.57 Å². The molecule has 0 aliphatic heterocycles. The molecule has 0 unspecified atom stereocenters. The molecule has 0 saturated carbocycles. The molecule has 6 heteroatoms. The molecular weight excluding hydrogens is 164 g/mol. The van der Waals surface area contributed by atoms with Crippen LogP contribution in [-0.2, 0) is 4.74 Å². The van der Waals surface area contributed by atoms with Crippen molar-refractivity contribution in [2.24, 2.45) is 0 Å². The molecule has 1 rings (SSSR count). The van der Waals surface area contributed by atoms with Crippen molar-refractivity contribution >= 4 is 6.09 Å². The van der Waals surface area contributed by atoms with Gasteiger partial charge in [-0.3, -0.25) is 0 Å². The molecule has 0 bridgehead atoms. The lowest BCUT2D eigenvalue weighted by atomic mass is 10.6. The van der Waals surface area contributed by atoms with E-state index in [-0.39, 0.29) is 5.75 Å². The highest BCUT2D eigenvalue weighted by atomic mass is 16.5. The smallest absolute Gasteiger partial charge is 0.422 e. The molecular formula is C6H6N2O4. The van der Waals surface area contributed by atoms with Crippen molar-refractivity contribution in [1.29, 1.82) is 0 Å². The van der Waals surface area contributed by atoms with Crippen LogP contribution in [0.1, 0.15) is 0 Å². The number of hydrogen-bond acceptors (Lipinski definition) is 5. The molecule has 1 N–H and O–H groups in total. The third-order valence-electron chi connectivity index (χ3n) is 1.15. The molecule has 0 fully saturated rings. The number of carbonyl (C=O) groups excluding carboxylic acids is 1. The summed E-state index contributed by atoms with van der Waals surface area (Å²) in [5.74, 6) is -0.278. The summed E-state index contributed by atoms with van der Waals surface area (Å²) in [5.41, 5.74) is -0.792. The molecule has 1 aromatic rings. The predicted molar refractivity (Wildman–Crippen MR) is 38.0 cm³/mol. The minimum atomic E-state index is -0.886. The fourth-order valence-corrected chi connectivity index (χ4v) is 0.634. The van der Waals surface area contributed by atoms with E-state index in [0.717, 1.165) is 19.5 Å². The molecule has 0 radical (unpaired) electrons. The van der Waals surface area contributed by atoms with Gasteiger partial charge in [0.1, 0.15) is 0 Å². The molecule has 0 aliphatic carbocycles. The van der Waals surface area contributed by atoms with E-state index in [9.17, 15) is 9.59 Å². The van der Waals surface area contributed by atoms with Crippen LogP contribution in [0.5, 0.6) is 5.75 Å². The van der Waals surface area contributed by atoms with Gasteiger partial charge in [-0.2, -0.15) is 9.55 Å². The maximum absolute atomic E-state index is 10.8. The highest BCUT2D eigenvalue weighted by Gasteiger charge is 2.06. The Morgan fingerprint density at radius 2 is 2.42 bits per heavy atom. The van der Waals surface area contributed by atoms with Gasteiger partial charge in [-0.1, -0.05) is 0 Å². The second-order valence-electron chi connectivity index (χ2n) is 1.93. The molecule has 0 spiro atoms. The van der Waals surface area contributed by atoms with Crippen molar-refractivity contribution in [3.05, 3.63) is 22.9 Å². The van der Waals surface area contributed by atoms with Crippen LogP contribution in [0.2, 0.25) is 0 Å². The van der Waals surface area contributed by atoms with E-state index in [2.05, 4.69) is 9.72 Å². The Bertz CT molecular complexity index is 357. The zero-order valence-corrected chi connectivity index (χ0v) is 6.22. The van der Waals surface area contributed by atoms with E-state index >= 15 is 0 Å². The SMILES string of the molecule is COC(=O)n1cc(O)cnc1=O. The van der Waals surface area contributed by atoms with Crippen LogP contribution < -0.4 is 5.69 Å². The highest BCUT2D eigenvalue weighted by molar-refractivity contribution is 5.69. The van der Waals surface area contributed by atoms with E-state index in [4.69, 9.17) is 5.11 Å². The highest BCUT2D eigenvalue weighted by Crippen LogP contribution is 2.00. The largest absolute Gasteiger partial charge is 0.505 e. The van der Waals surface area contributed by atoms with Crippen LogP contribution >= 0.6 is 0 Å². The van der Waals surface area contributed by atoms with Crippen molar-refractivity contribution in [3.63, 3.8) is 0 Å². The Balaban J connectivity index is 3.23. The normalized spacial score (nSPS) is 9.42. The van der Waals surface area contributed by atoms with Gasteiger partial charge in [-0.15, -0.1) is 0 Å². The molecule has 0 aliphatic rings. The summed E-state index contributed by atoms with van der Waals surface area (Å²) in [7, 11) is 1.12. The van der Waals surface area contributed by atoms with Gasteiger partial charge < -0.3 is 9.84 Å². The number of carbonyl (C=O) groups is 1. The van der Waals surface area contributed by atoms with Gasteiger partial charge in [0.15, 0.2) is 5.75 Å². The van der Waals surface area contributed by atoms with Gasteiger partial charge in [0, 0.05) is 0 Å². The minimum Gasteiger partial charge on any atom is -0.505 e. The Kier molecular flexibility index (Phi) is 2.09. The molecule has 0 saturated heterocycles. The van der Waals surface area contributed by atoms with Gasteiger partial charge in [0.05, 0.1) is 19.5 Å². The number of methoxy groups -OCH3 is 1. The first-order valence-electron chi connectivity index (χ1n) is 3.01. The fourth-order valence-electron chi connectivity index (χ4n) is 0.634. The molecule has 12 heavy (non-hydrogen) atoms. The van der Waals surface area contributed by atoms with E-state index in [1.165, 1.54) is 0 Å². The number of rotatable bonds is 0. The average molecular weight is 170 g/mol. The molecule has 1 heterocycles. The third kappa shape index (κ3) is 1.42. The number of hydrogen-bond donors (Lipinski definition) is 1. The van der Waals surface area contributed by atoms with Crippen LogP contribution in [0, 0.1) is 0 Å². The summed E-state index contributed by atoms with van der Waals surface area (Å²) in [6.07, 6.45) is 0.992. The second kappa shape index (κ2) is 3.04. The maximum Gasteiger partial charge on any atom is 0.422 e. The lowest BCUT2D eigenvalue weighted by Gasteiger charge is -2.00. The van der Waals surface area contributed by atoms with Gasteiger partial charge in [0.25, 0.3) is 0 Å². The fraction of sp³-hybridized carbons (Fsp3) is 0.167. The lowest BCUT2D eigenvalue weighted by molar-refractivity contribution is 0.171. The van der Waals surface area contributed by atoms with Crippen LogP contribution in [-0.4, -0.2) is 27.9 Å². The number of aromatic nitrogens is 2. The van der Waals surface area contributed by atoms with Gasteiger partial charge in [-0.05, 0) is 0 Å². The number of nitrogens with zero attached hydrogens (tertiary/aromatic N) is 2. The van der Waals surface area contributed by atoms with Crippen LogP contribution in [0.15, 0.2) is 17.2 Å². The summed E-state index contributed by atoms with van der Waals surface area (Å²) < 4.78 is 4.81. The summed E-state index contributed by atoms with van der Waals surface area (Å²) in [5, 5.41) is 8.85. The first-order valence-corrected chi connectivity index (χ1v) is 3.01. The standard InChI is InChI=1S/C6H6N2O4/c1-12-6(11)8-3-4(9)2-7-5(8)10/h2-3,9H,1H3. The Labute approximate surface area is 67.0 Å². The molecule has 0 amide bonds. The van der Waals surface area contributed by atoms with Gasteiger partial charge >= 0.3 is 11.8 Å². The average Bonchev–Trinajstić information content (AvgIpc) is 2.08. The van der Waals surface area contributed by atoms with Gasteiger partial charge in [-0.25, -0.2) is 9.59 Å². The Morgan fingerprint density at radius 1 is 1.75 bits per heavy atom. The summed E-state index contributed by atoms with van der Waals surface area (Å²) in [4.78, 5) is 24.8. The quantitative estimate of drug-likeness (QED) is 0.571. The van der Waals surface area contributed by atoms with Crippen LogP contribution in [0.25, 0.3) is 0 Å². The topological polar surface area (TPSA) is 81.4 Å². The monoisotopic (exact) mass is 170 g/mol. The van der Waals surface area contributed by atoms with Crippen molar-refractivity contribution in [1.82, 2.24) is 9.55 Å². The summed E-state index contributed by atoms with van der Waals surface area (Å²) >= 11 is 0. The van der Waals surface area contributed by atoms with Crippen molar-refractivity contribution in [2.75, 3.05) is 7.11 Å². The Morgan fingerprint density at radius 3 is 3.00 bits per heavy atom. The van der Waals surface area contributed by atoms with Gasteiger partial charge in [0.2, 0.25) is 0 Å².